The molecular formula is C32H49NO11. The van der Waals surface area contributed by atoms with Crippen LogP contribution in [0.4, 0.5) is 0 Å². The van der Waals surface area contributed by atoms with Gasteiger partial charge >= 0.3 is 5.97 Å². The molecule has 3 fully saturated rings. The van der Waals surface area contributed by atoms with Gasteiger partial charge in [0.25, 0.3) is 5.91 Å². The Hall–Kier alpha value is -2.42. The van der Waals surface area contributed by atoms with Crippen molar-refractivity contribution >= 4 is 11.9 Å². The lowest BCUT2D eigenvalue weighted by molar-refractivity contribution is -0.332. The summed E-state index contributed by atoms with van der Waals surface area (Å²) in [6, 6.07) is 0. The largest absolute Gasteiger partial charge is 0.478 e. The van der Waals surface area contributed by atoms with E-state index in [1.54, 1.807) is 20.3 Å². The Morgan fingerprint density at radius 3 is 2.48 bits per heavy atom. The number of carbonyl (C=O) groups excluding carboxylic acids is 1. The number of ether oxygens (including phenoxy) is 7. The third-order valence-corrected chi connectivity index (χ3v) is 8.93. The number of nitrogens with one attached hydrogen (secondary N) is 1. The number of aliphatic hydroxyl groups excluding tert-OH is 1. The number of hydrogen-bond donors (Lipinski definition) is 3. The lowest BCUT2D eigenvalue weighted by atomic mass is 9.72. The summed E-state index contributed by atoms with van der Waals surface area (Å²) in [5.41, 5.74) is 0.299. The van der Waals surface area contributed by atoms with E-state index in [2.05, 4.69) is 11.9 Å². The zero-order valence-electron chi connectivity index (χ0n) is 26.8. The van der Waals surface area contributed by atoms with Crippen molar-refractivity contribution in [2.75, 3.05) is 28.1 Å². The molecule has 44 heavy (non-hydrogen) atoms. The van der Waals surface area contributed by atoms with Gasteiger partial charge in [0.2, 0.25) is 5.79 Å². The van der Waals surface area contributed by atoms with Gasteiger partial charge < -0.3 is 48.7 Å². The molecule has 0 aliphatic carbocycles. The number of rotatable bonds is 13. The van der Waals surface area contributed by atoms with Gasteiger partial charge in [0.05, 0.1) is 24.4 Å². The van der Waals surface area contributed by atoms with Crippen LogP contribution in [0.2, 0.25) is 0 Å². The quantitative estimate of drug-likeness (QED) is 0.158. The molecule has 3 aliphatic rings. The van der Waals surface area contributed by atoms with Crippen molar-refractivity contribution in [3.63, 3.8) is 0 Å². The number of aliphatic carboxylic acids is 1. The molecule has 248 valence electrons. The first kappa shape index (κ1) is 36.1. The van der Waals surface area contributed by atoms with E-state index in [4.69, 9.17) is 38.3 Å². The van der Waals surface area contributed by atoms with Crippen LogP contribution in [-0.4, -0.2) is 105 Å². The van der Waals surface area contributed by atoms with Crippen molar-refractivity contribution in [3.05, 3.63) is 48.6 Å². The Kier molecular flexibility index (Phi) is 12.9. The standard InChI is InChI=1S/C32H49NO11/c1-19-17-32(40-8,44-21(3)20(19)2)27(36)29(37)33-30-26-25(41-18-42-30)28(39-7)31(4,5)23(43-26)16-22(38-6)14-12-10-9-11-13-15-24(34)35/h9,11-15,20-23,25-28,30,36H,1,10,16-18H2,2-8H3,(H,33,37)(H,34,35)/b11-9+,14-12+,15-13+/t20-,21-,22?,23?,25+,26?,27?,28?,30?,32?/m1/s1. The van der Waals surface area contributed by atoms with Crippen LogP contribution < -0.4 is 5.32 Å². The highest BCUT2D eigenvalue weighted by atomic mass is 16.7. The Labute approximate surface area is 260 Å². The first-order valence-corrected chi connectivity index (χ1v) is 14.9. The number of fused-ring (bicyclic) bond motifs is 1. The predicted octanol–water partition coefficient (Wildman–Crippen LogP) is 2.86. The van der Waals surface area contributed by atoms with Crippen LogP contribution in [0.3, 0.4) is 0 Å². The van der Waals surface area contributed by atoms with E-state index in [0.717, 1.165) is 11.6 Å². The molecule has 0 aromatic heterocycles. The fourth-order valence-corrected chi connectivity index (χ4v) is 6.00. The van der Waals surface area contributed by atoms with Crippen molar-refractivity contribution in [1.29, 1.82) is 0 Å². The van der Waals surface area contributed by atoms with Gasteiger partial charge in [0.1, 0.15) is 19.0 Å². The number of carboxylic acids is 1. The second kappa shape index (κ2) is 15.7. The second-order valence-corrected chi connectivity index (χ2v) is 12.1. The summed E-state index contributed by atoms with van der Waals surface area (Å²) in [6.45, 7) is 11.9. The van der Waals surface area contributed by atoms with E-state index < -0.39 is 59.8 Å². The van der Waals surface area contributed by atoms with Crippen LogP contribution in [-0.2, 0) is 42.7 Å². The molecule has 0 aromatic carbocycles. The summed E-state index contributed by atoms with van der Waals surface area (Å²) >= 11 is 0. The number of carbonyl (C=O) groups is 2. The molecule has 3 rings (SSSR count). The van der Waals surface area contributed by atoms with Gasteiger partial charge in [-0.25, -0.2) is 4.79 Å². The summed E-state index contributed by atoms with van der Waals surface area (Å²) in [6.07, 6.45) is 5.69. The number of carboxylic acid groups (broad SMARTS) is 1. The Balaban J connectivity index is 1.74. The van der Waals surface area contributed by atoms with Crippen LogP contribution in [0.25, 0.3) is 0 Å². The van der Waals surface area contributed by atoms with E-state index in [1.807, 2.05) is 45.9 Å². The molecule has 3 saturated heterocycles. The van der Waals surface area contributed by atoms with Crippen LogP contribution in [0.15, 0.2) is 48.6 Å². The molecule has 0 aromatic rings. The maximum atomic E-state index is 13.4. The third kappa shape index (κ3) is 8.24. The highest BCUT2D eigenvalue weighted by Gasteiger charge is 2.57. The lowest BCUT2D eigenvalue weighted by Gasteiger charge is -2.54. The normalized spacial score (nSPS) is 35.5. The van der Waals surface area contributed by atoms with Gasteiger partial charge in [-0.15, -0.1) is 0 Å². The SMILES string of the molecule is C=C1CC(OC)(C(O)C(=O)NC2OCO[C@H]3C2OC(CC(/C=C/C/C=C/C=C/C(=O)O)OC)C(C)(C)C3OC)O[C@H](C)[C@@H]1C. The fraction of sp³-hybridized carbons (Fsp3) is 0.688. The van der Waals surface area contributed by atoms with E-state index in [9.17, 15) is 14.7 Å². The van der Waals surface area contributed by atoms with Crippen LogP contribution in [0.1, 0.15) is 47.0 Å². The molecule has 0 spiro atoms. The topological polar surface area (TPSA) is 151 Å². The summed E-state index contributed by atoms with van der Waals surface area (Å²) < 4.78 is 41.6. The minimum absolute atomic E-state index is 0.0400. The second-order valence-electron chi connectivity index (χ2n) is 12.1. The van der Waals surface area contributed by atoms with Crippen molar-refractivity contribution in [2.45, 2.75) is 102 Å². The zero-order chi connectivity index (χ0) is 32.7. The lowest BCUT2D eigenvalue weighted by Crippen LogP contribution is -2.69. The highest BCUT2D eigenvalue weighted by Crippen LogP contribution is 2.44. The summed E-state index contributed by atoms with van der Waals surface area (Å²) in [7, 11) is 4.61. The molecule has 3 heterocycles. The number of allylic oxidation sites excluding steroid dienone is 4. The summed E-state index contributed by atoms with van der Waals surface area (Å²) in [4.78, 5) is 24.0. The van der Waals surface area contributed by atoms with Crippen molar-refractivity contribution < 1.29 is 53.0 Å². The first-order valence-electron chi connectivity index (χ1n) is 14.9. The number of aliphatic hydroxyl groups is 1. The van der Waals surface area contributed by atoms with Crippen LogP contribution >= 0.6 is 0 Å². The van der Waals surface area contributed by atoms with E-state index >= 15 is 0 Å². The fourth-order valence-electron chi connectivity index (χ4n) is 6.00. The molecule has 3 N–H and O–H groups in total. The maximum absolute atomic E-state index is 13.4. The smallest absolute Gasteiger partial charge is 0.328 e. The predicted molar refractivity (Wildman–Crippen MR) is 160 cm³/mol. The number of methoxy groups -OCH3 is 3. The van der Waals surface area contributed by atoms with Gasteiger partial charge in [-0.1, -0.05) is 63.3 Å². The van der Waals surface area contributed by atoms with Gasteiger partial charge in [-0.2, -0.15) is 0 Å². The molecule has 1 amide bonds. The Morgan fingerprint density at radius 1 is 1.14 bits per heavy atom. The van der Waals surface area contributed by atoms with Crippen LogP contribution in [0.5, 0.6) is 0 Å². The van der Waals surface area contributed by atoms with Gasteiger partial charge in [-0.3, -0.25) is 4.79 Å². The average molecular weight is 624 g/mol. The molecule has 0 radical (unpaired) electrons. The summed E-state index contributed by atoms with van der Waals surface area (Å²) in [5, 5.41) is 22.6. The summed E-state index contributed by atoms with van der Waals surface area (Å²) in [5.74, 6) is -3.30. The maximum Gasteiger partial charge on any atom is 0.328 e. The highest BCUT2D eigenvalue weighted by molar-refractivity contribution is 5.82. The molecule has 12 heteroatoms. The molecule has 3 aliphatic heterocycles. The first-order chi connectivity index (χ1) is 20.8. The molecule has 12 nitrogen and oxygen atoms in total. The van der Waals surface area contributed by atoms with Crippen molar-refractivity contribution in [3.8, 4) is 0 Å². The zero-order valence-corrected chi connectivity index (χ0v) is 26.8. The van der Waals surface area contributed by atoms with Crippen molar-refractivity contribution in [1.82, 2.24) is 5.32 Å². The van der Waals surface area contributed by atoms with E-state index in [1.165, 1.54) is 13.2 Å². The van der Waals surface area contributed by atoms with Crippen molar-refractivity contribution in [2.24, 2.45) is 11.3 Å². The van der Waals surface area contributed by atoms with Gasteiger partial charge in [0.15, 0.2) is 12.3 Å². The van der Waals surface area contributed by atoms with E-state index in [0.29, 0.717) is 12.8 Å². The van der Waals surface area contributed by atoms with Crippen LogP contribution in [0, 0.1) is 11.3 Å². The Morgan fingerprint density at radius 2 is 1.86 bits per heavy atom. The molecular weight excluding hydrogens is 574 g/mol. The molecule has 7 unspecified atom stereocenters. The monoisotopic (exact) mass is 623 g/mol. The third-order valence-electron chi connectivity index (χ3n) is 8.93. The molecule has 0 bridgehead atoms. The van der Waals surface area contributed by atoms with E-state index in [-0.39, 0.29) is 31.3 Å². The van der Waals surface area contributed by atoms with Gasteiger partial charge in [-0.05, 0) is 13.3 Å². The number of amides is 1. The van der Waals surface area contributed by atoms with Gasteiger partial charge in [0, 0.05) is 51.6 Å². The Bertz CT molecular complexity index is 1090. The minimum Gasteiger partial charge on any atom is -0.478 e. The molecule has 0 saturated carbocycles. The number of hydrogen-bond acceptors (Lipinski definition) is 10. The average Bonchev–Trinajstić information content (AvgIpc) is 2.98. The minimum atomic E-state index is -1.67. The molecule has 10 atom stereocenters.